The molecule has 0 aliphatic heterocycles. The summed E-state index contributed by atoms with van der Waals surface area (Å²) in [4.78, 5) is 36.1. The number of hydrogen-bond acceptors (Lipinski definition) is 9. The normalized spacial score (nSPS) is 10.1. The van der Waals surface area contributed by atoms with E-state index in [-0.39, 0.29) is 22.8 Å². The second-order valence-electron chi connectivity index (χ2n) is 6.42. The van der Waals surface area contributed by atoms with Crippen LogP contribution in [0.5, 0.6) is 28.7 Å². The second kappa shape index (κ2) is 11.4. The largest absolute Gasteiger partial charge is 0.493 e. The van der Waals surface area contributed by atoms with Gasteiger partial charge in [0.05, 0.1) is 40.0 Å². The molecule has 2 amide bonds. The minimum Gasteiger partial charge on any atom is -0.493 e. The smallest absolute Gasteiger partial charge is 0.327 e. The van der Waals surface area contributed by atoms with Gasteiger partial charge in [0.15, 0.2) is 17.2 Å². The maximum atomic E-state index is 12.7. The summed E-state index contributed by atoms with van der Waals surface area (Å²) in [6.07, 6.45) is 0.796. The van der Waals surface area contributed by atoms with Gasteiger partial charge in [-0.25, -0.2) is 0 Å². The molecule has 0 saturated carbocycles. The number of ether oxygens (including phenoxy) is 5. The Kier molecular flexibility index (Phi) is 8.66. The Morgan fingerprint density at radius 1 is 0.879 bits per heavy atom. The standard InChI is InChI=1S/C21H25N3O9/c1-6-9-33-14-8-7-12(10-15(14)29-2)20(25)22-23-21(26)13-11-16(30-3)18(31-4)19(32-5)17(13)24(27)28/h7-8,10-11H,6,9H2,1-5H3,(H,22,25)(H,23,26). The van der Waals surface area contributed by atoms with E-state index in [1.807, 2.05) is 6.92 Å². The zero-order valence-corrected chi connectivity index (χ0v) is 18.8. The minimum absolute atomic E-state index is 0.0313. The molecule has 0 aliphatic rings. The third-order valence-corrected chi connectivity index (χ3v) is 4.41. The molecule has 0 fully saturated rings. The van der Waals surface area contributed by atoms with Crippen LogP contribution in [0.3, 0.4) is 0 Å². The van der Waals surface area contributed by atoms with Crippen LogP contribution >= 0.6 is 0 Å². The molecule has 2 aromatic rings. The molecule has 12 nitrogen and oxygen atoms in total. The molecule has 0 saturated heterocycles. The second-order valence-corrected chi connectivity index (χ2v) is 6.42. The van der Waals surface area contributed by atoms with E-state index in [0.29, 0.717) is 18.1 Å². The molecule has 2 rings (SSSR count). The summed E-state index contributed by atoms with van der Waals surface area (Å²) in [6, 6.07) is 5.60. The summed E-state index contributed by atoms with van der Waals surface area (Å²) in [5.41, 5.74) is 3.47. The van der Waals surface area contributed by atoms with Gasteiger partial charge in [0.1, 0.15) is 5.56 Å². The number of amides is 2. The molecule has 2 aromatic carbocycles. The molecule has 0 unspecified atom stereocenters. The quantitative estimate of drug-likeness (QED) is 0.400. The lowest BCUT2D eigenvalue weighted by Gasteiger charge is -2.15. The maximum absolute atomic E-state index is 12.7. The fourth-order valence-corrected chi connectivity index (χ4v) is 2.89. The number of nitrogens with one attached hydrogen (secondary N) is 2. The lowest BCUT2D eigenvalue weighted by Crippen LogP contribution is -2.41. The summed E-state index contributed by atoms with van der Waals surface area (Å²) in [5, 5.41) is 11.6. The fraction of sp³-hybridized carbons (Fsp3) is 0.333. The Morgan fingerprint density at radius 2 is 1.52 bits per heavy atom. The van der Waals surface area contributed by atoms with Crippen LogP contribution in [0.4, 0.5) is 5.69 Å². The first kappa shape index (κ1) is 25.0. The zero-order valence-electron chi connectivity index (χ0n) is 18.8. The first-order valence-corrected chi connectivity index (χ1v) is 9.71. The molecule has 0 bridgehead atoms. The topological polar surface area (TPSA) is 147 Å². The van der Waals surface area contributed by atoms with E-state index in [4.69, 9.17) is 23.7 Å². The van der Waals surface area contributed by atoms with Crippen molar-refractivity contribution in [1.82, 2.24) is 10.9 Å². The van der Waals surface area contributed by atoms with Gasteiger partial charge in [-0.1, -0.05) is 6.92 Å². The Labute approximate surface area is 189 Å². The van der Waals surface area contributed by atoms with Crippen LogP contribution in [-0.2, 0) is 0 Å². The molecule has 12 heteroatoms. The predicted octanol–water partition coefficient (Wildman–Crippen LogP) is 2.49. The first-order valence-electron chi connectivity index (χ1n) is 9.71. The number of carbonyl (C=O) groups excluding carboxylic acids is 2. The lowest BCUT2D eigenvalue weighted by molar-refractivity contribution is -0.386. The van der Waals surface area contributed by atoms with Gasteiger partial charge in [-0.05, 0) is 24.6 Å². The molecule has 178 valence electrons. The van der Waals surface area contributed by atoms with Crippen LogP contribution in [0.1, 0.15) is 34.1 Å². The van der Waals surface area contributed by atoms with Crippen molar-refractivity contribution < 1.29 is 38.2 Å². The summed E-state index contributed by atoms with van der Waals surface area (Å²) >= 11 is 0. The summed E-state index contributed by atoms with van der Waals surface area (Å²) in [7, 11) is 5.20. The first-order chi connectivity index (χ1) is 15.8. The van der Waals surface area contributed by atoms with Crippen molar-refractivity contribution in [2.45, 2.75) is 13.3 Å². The van der Waals surface area contributed by atoms with Crippen molar-refractivity contribution in [2.75, 3.05) is 35.0 Å². The molecular formula is C21H25N3O9. The van der Waals surface area contributed by atoms with Crippen molar-refractivity contribution in [2.24, 2.45) is 0 Å². The van der Waals surface area contributed by atoms with Crippen LogP contribution in [0.15, 0.2) is 24.3 Å². The van der Waals surface area contributed by atoms with E-state index < -0.39 is 28.0 Å². The highest BCUT2D eigenvalue weighted by Crippen LogP contribution is 2.46. The highest BCUT2D eigenvalue weighted by Gasteiger charge is 2.32. The number of nitro groups is 1. The summed E-state index contributed by atoms with van der Waals surface area (Å²) in [5.74, 6) is -1.17. The van der Waals surface area contributed by atoms with Crippen molar-refractivity contribution in [1.29, 1.82) is 0 Å². The van der Waals surface area contributed by atoms with Gasteiger partial charge in [0, 0.05) is 11.6 Å². The van der Waals surface area contributed by atoms with E-state index in [1.165, 1.54) is 40.6 Å². The molecule has 0 aromatic heterocycles. The van der Waals surface area contributed by atoms with Gasteiger partial charge >= 0.3 is 5.69 Å². The molecule has 33 heavy (non-hydrogen) atoms. The van der Waals surface area contributed by atoms with Crippen molar-refractivity contribution in [3.63, 3.8) is 0 Å². The van der Waals surface area contributed by atoms with Crippen LogP contribution in [-0.4, -0.2) is 51.8 Å². The summed E-state index contributed by atoms with van der Waals surface area (Å²) < 4.78 is 26.1. The molecule has 0 spiro atoms. The molecule has 2 N–H and O–H groups in total. The van der Waals surface area contributed by atoms with Gasteiger partial charge in [-0.3, -0.25) is 30.6 Å². The van der Waals surface area contributed by atoms with E-state index in [0.717, 1.165) is 12.5 Å². The minimum atomic E-state index is -0.968. The number of methoxy groups -OCH3 is 4. The number of nitro benzene ring substituents is 1. The SMILES string of the molecule is CCCOc1ccc(C(=O)NNC(=O)c2cc(OC)c(OC)c(OC)c2[N+](=O)[O-])cc1OC. The molecular weight excluding hydrogens is 438 g/mol. The number of benzene rings is 2. The monoisotopic (exact) mass is 463 g/mol. The van der Waals surface area contributed by atoms with Gasteiger partial charge in [-0.15, -0.1) is 0 Å². The number of hydrogen-bond donors (Lipinski definition) is 2. The zero-order chi connectivity index (χ0) is 24.5. The third kappa shape index (κ3) is 5.53. The van der Waals surface area contributed by atoms with Crippen LogP contribution in [0, 0.1) is 10.1 Å². The van der Waals surface area contributed by atoms with E-state index in [2.05, 4.69) is 10.9 Å². The van der Waals surface area contributed by atoms with Gasteiger partial charge < -0.3 is 23.7 Å². The Bertz CT molecular complexity index is 1040. The third-order valence-electron chi connectivity index (χ3n) is 4.41. The Hall–Kier alpha value is -4.22. The fourth-order valence-electron chi connectivity index (χ4n) is 2.89. The maximum Gasteiger partial charge on any atom is 0.327 e. The number of hydrazine groups is 1. The van der Waals surface area contributed by atoms with E-state index >= 15 is 0 Å². The average Bonchev–Trinajstić information content (AvgIpc) is 2.83. The highest BCUT2D eigenvalue weighted by molar-refractivity contribution is 6.03. The summed E-state index contributed by atoms with van der Waals surface area (Å²) in [6.45, 7) is 2.43. The number of carbonyl (C=O) groups is 2. The van der Waals surface area contributed by atoms with Crippen molar-refractivity contribution in [3.05, 3.63) is 45.5 Å². The van der Waals surface area contributed by atoms with E-state index in [1.54, 1.807) is 6.07 Å². The Balaban J connectivity index is 2.29. The predicted molar refractivity (Wildman–Crippen MR) is 116 cm³/mol. The number of rotatable bonds is 10. The van der Waals surface area contributed by atoms with E-state index in [9.17, 15) is 19.7 Å². The molecule has 0 heterocycles. The highest BCUT2D eigenvalue weighted by atomic mass is 16.6. The van der Waals surface area contributed by atoms with Crippen molar-refractivity contribution in [3.8, 4) is 28.7 Å². The van der Waals surface area contributed by atoms with Crippen LogP contribution in [0.2, 0.25) is 0 Å². The average molecular weight is 463 g/mol. The molecule has 0 radical (unpaired) electrons. The van der Waals surface area contributed by atoms with Gasteiger partial charge in [0.25, 0.3) is 11.8 Å². The van der Waals surface area contributed by atoms with Crippen LogP contribution in [0.25, 0.3) is 0 Å². The number of nitrogens with zero attached hydrogens (tertiary/aromatic N) is 1. The lowest BCUT2D eigenvalue weighted by atomic mass is 10.1. The molecule has 0 atom stereocenters. The molecule has 0 aliphatic carbocycles. The van der Waals surface area contributed by atoms with Gasteiger partial charge in [0.2, 0.25) is 11.5 Å². The Morgan fingerprint density at radius 3 is 2.06 bits per heavy atom. The van der Waals surface area contributed by atoms with Crippen molar-refractivity contribution >= 4 is 17.5 Å². The van der Waals surface area contributed by atoms with Gasteiger partial charge in [-0.2, -0.15) is 0 Å². The van der Waals surface area contributed by atoms with Crippen LogP contribution < -0.4 is 34.5 Å².